The van der Waals surface area contributed by atoms with Crippen molar-refractivity contribution in [1.29, 1.82) is 0 Å². The summed E-state index contributed by atoms with van der Waals surface area (Å²) in [4.78, 5) is 0. The van der Waals surface area contributed by atoms with Gasteiger partial charge in [0.25, 0.3) is 0 Å². The molecule has 0 spiro atoms. The molecule has 1 aromatic carbocycles. The maximum Gasteiger partial charge on any atom is 0.141 e. The van der Waals surface area contributed by atoms with E-state index < -0.39 is 0 Å². The summed E-state index contributed by atoms with van der Waals surface area (Å²) >= 11 is 0. The Morgan fingerprint density at radius 1 is 0.857 bits per heavy atom. The Balaban J connectivity index is 2.56. The number of ether oxygens (including phenoxy) is 1. The molecule has 2 rings (SSSR count). The lowest BCUT2D eigenvalue weighted by atomic mass is 9.98. The highest BCUT2D eigenvalue weighted by Crippen LogP contribution is 2.40. The molecule has 2 nitrogen and oxygen atoms in total. The molecule has 0 bridgehead atoms. The van der Waals surface area contributed by atoms with Crippen LogP contribution in [0.3, 0.4) is 0 Å². The van der Waals surface area contributed by atoms with Gasteiger partial charge in [-0.05, 0) is 57.2 Å². The third-order valence-corrected chi connectivity index (χ3v) is 5.04. The second kappa shape index (κ2) is 6.13. The van der Waals surface area contributed by atoms with Crippen molar-refractivity contribution in [2.45, 2.75) is 61.3 Å². The maximum atomic E-state index is 6.26. The molecule has 0 radical (unpaired) electrons. The lowest BCUT2D eigenvalue weighted by Gasteiger charge is -2.18. The molecule has 0 fully saturated rings. The van der Waals surface area contributed by atoms with E-state index in [-0.39, 0.29) is 0 Å². The van der Waals surface area contributed by atoms with Crippen LogP contribution in [0.25, 0.3) is 11.0 Å². The van der Waals surface area contributed by atoms with Crippen LogP contribution < -0.4 is 4.74 Å². The van der Waals surface area contributed by atoms with Gasteiger partial charge in [-0.3, -0.25) is 0 Å². The summed E-state index contributed by atoms with van der Waals surface area (Å²) in [7, 11) is 0. The average molecular weight is 288 g/mol. The zero-order chi connectivity index (χ0) is 15.7. The Kier molecular flexibility index (Phi) is 4.65. The first kappa shape index (κ1) is 15.9. The van der Waals surface area contributed by atoms with Crippen LogP contribution in [0.5, 0.6) is 5.75 Å². The first-order valence-electron chi connectivity index (χ1n) is 8.04. The smallest absolute Gasteiger partial charge is 0.141 e. The van der Waals surface area contributed by atoms with Crippen molar-refractivity contribution in [3.8, 4) is 5.75 Å². The molecule has 0 saturated carbocycles. The second-order valence-corrected chi connectivity index (χ2v) is 6.19. The minimum absolute atomic E-state index is 0.620. The largest absolute Gasteiger partial charge is 0.492 e. The van der Waals surface area contributed by atoms with Crippen LogP contribution in [0.1, 0.15) is 54.7 Å². The maximum absolute atomic E-state index is 6.26. The van der Waals surface area contributed by atoms with Gasteiger partial charge in [-0.25, -0.2) is 0 Å². The molecule has 0 saturated heterocycles. The first-order valence-corrected chi connectivity index (χ1v) is 8.04. The van der Waals surface area contributed by atoms with Gasteiger partial charge in [0.05, 0.1) is 12.0 Å². The fraction of sp³-hybridized carbons (Fsp3) is 0.579. The van der Waals surface area contributed by atoms with Crippen LogP contribution in [0.2, 0.25) is 0 Å². The van der Waals surface area contributed by atoms with Gasteiger partial charge in [-0.2, -0.15) is 0 Å². The van der Waals surface area contributed by atoms with Crippen LogP contribution in [-0.4, -0.2) is 6.61 Å². The minimum atomic E-state index is 0.620. The molecule has 0 aliphatic heterocycles. The summed E-state index contributed by atoms with van der Waals surface area (Å²) in [5.74, 6) is 2.63. The quantitative estimate of drug-likeness (QED) is 0.694. The normalized spacial score (nSPS) is 11.6. The Morgan fingerprint density at radius 2 is 1.48 bits per heavy atom. The van der Waals surface area contributed by atoms with Gasteiger partial charge < -0.3 is 9.15 Å². The van der Waals surface area contributed by atoms with E-state index in [1.54, 1.807) is 0 Å². The molecular formula is C19H28O2. The Labute approximate surface area is 128 Å². The first-order chi connectivity index (χ1) is 9.92. The van der Waals surface area contributed by atoms with E-state index in [1.165, 1.54) is 27.6 Å². The molecule has 0 atom stereocenters. The van der Waals surface area contributed by atoms with Crippen molar-refractivity contribution in [3.63, 3.8) is 0 Å². The number of hydrogen-bond acceptors (Lipinski definition) is 2. The van der Waals surface area contributed by atoms with Crippen LogP contribution in [0, 0.1) is 40.5 Å². The van der Waals surface area contributed by atoms with Crippen molar-refractivity contribution in [2.75, 3.05) is 6.61 Å². The van der Waals surface area contributed by atoms with E-state index in [9.17, 15) is 0 Å². The second-order valence-electron chi connectivity index (χ2n) is 6.19. The van der Waals surface area contributed by atoms with Crippen molar-refractivity contribution in [3.05, 3.63) is 28.0 Å². The van der Waals surface area contributed by atoms with Crippen LogP contribution in [0.4, 0.5) is 0 Å². The number of fused-ring (bicyclic) bond motifs is 1. The van der Waals surface area contributed by atoms with E-state index in [0.29, 0.717) is 5.92 Å². The molecule has 1 heterocycles. The van der Waals surface area contributed by atoms with Crippen molar-refractivity contribution in [1.82, 2.24) is 0 Å². The summed E-state index contributed by atoms with van der Waals surface area (Å²) in [5.41, 5.74) is 5.95. The van der Waals surface area contributed by atoms with Gasteiger partial charge in [0.2, 0.25) is 0 Å². The molecule has 1 aromatic heterocycles. The summed E-state index contributed by atoms with van der Waals surface area (Å²) in [5, 5.41) is 1.17. The molecule has 2 heteroatoms. The van der Waals surface area contributed by atoms with Gasteiger partial charge in [-0.15, -0.1) is 0 Å². The van der Waals surface area contributed by atoms with Gasteiger partial charge >= 0.3 is 0 Å². The number of aryl methyl sites for hydroxylation is 3. The zero-order valence-electron chi connectivity index (χ0n) is 14.5. The zero-order valence-corrected chi connectivity index (χ0v) is 14.5. The van der Waals surface area contributed by atoms with Crippen molar-refractivity contribution >= 4 is 11.0 Å². The average Bonchev–Trinajstić information content (AvgIpc) is 2.77. The lowest BCUT2D eigenvalue weighted by Crippen LogP contribution is -2.11. The molecular weight excluding hydrogens is 260 g/mol. The van der Waals surface area contributed by atoms with E-state index in [0.717, 1.165) is 36.5 Å². The number of rotatable bonds is 5. The number of benzene rings is 1. The Morgan fingerprint density at radius 3 is 2.05 bits per heavy atom. The summed E-state index contributed by atoms with van der Waals surface area (Å²) in [6.07, 6.45) is 2.32. The molecule has 116 valence electrons. The molecule has 0 aliphatic carbocycles. The standard InChI is InChI=1S/C19H28O2/c1-8-16(9-2)10-20-18-12(4)11(3)13(5)19-17(18)14(6)15(7)21-19/h16H,8-10H2,1-7H3. The summed E-state index contributed by atoms with van der Waals surface area (Å²) in [6, 6.07) is 0. The van der Waals surface area contributed by atoms with Crippen molar-refractivity contribution in [2.24, 2.45) is 5.92 Å². The fourth-order valence-corrected chi connectivity index (χ4v) is 2.88. The SMILES string of the molecule is CCC(CC)COc1c(C)c(C)c(C)c2oc(C)c(C)c12. The van der Waals surface area contributed by atoms with Crippen LogP contribution in [0.15, 0.2) is 4.42 Å². The predicted octanol–water partition coefficient (Wildman–Crippen LogP) is 5.79. The molecule has 0 unspecified atom stereocenters. The van der Waals surface area contributed by atoms with Gasteiger partial charge in [0.1, 0.15) is 17.1 Å². The fourth-order valence-electron chi connectivity index (χ4n) is 2.88. The molecule has 0 aliphatic rings. The number of hydrogen-bond donors (Lipinski definition) is 0. The molecule has 0 amide bonds. The lowest BCUT2D eigenvalue weighted by molar-refractivity contribution is 0.241. The molecule has 2 aromatic rings. The molecule has 0 N–H and O–H groups in total. The van der Waals surface area contributed by atoms with Gasteiger partial charge in [0, 0.05) is 5.56 Å². The molecule has 21 heavy (non-hydrogen) atoms. The van der Waals surface area contributed by atoms with Gasteiger partial charge in [0.15, 0.2) is 0 Å². The van der Waals surface area contributed by atoms with E-state index in [2.05, 4.69) is 41.5 Å². The van der Waals surface area contributed by atoms with E-state index in [4.69, 9.17) is 9.15 Å². The summed E-state index contributed by atoms with van der Waals surface area (Å²) in [6.45, 7) is 15.9. The highest BCUT2D eigenvalue weighted by atomic mass is 16.5. The summed E-state index contributed by atoms with van der Waals surface area (Å²) < 4.78 is 12.2. The number of furan rings is 1. The minimum Gasteiger partial charge on any atom is -0.492 e. The highest BCUT2D eigenvalue weighted by Gasteiger charge is 2.20. The third-order valence-electron chi connectivity index (χ3n) is 5.04. The Hall–Kier alpha value is -1.44. The predicted molar refractivity (Wildman–Crippen MR) is 89.5 cm³/mol. The van der Waals surface area contributed by atoms with Crippen molar-refractivity contribution < 1.29 is 9.15 Å². The monoisotopic (exact) mass is 288 g/mol. The third kappa shape index (κ3) is 2.68. The highest BCUT2D eigenvalue weighted by molar-refractivity contribution is 5.93. The van der Waals surface area contributed by atoms with Gasteiger partial charge in [-0.1, -0.05) is 26.7 Å². The van der Waals surface area contributed by atoms with E-state index >= 15 is 0 Å². The van der Waals surface area contributed by atoms with E-state index in [1.807, 2.05) is 6.92 Å². The van der Waals surface area contributed by atoms with Crippen LogP contribution >= 0.6 is 0 Å². The van der Waals surface area contributed by atoms with Crippen LogP contribution in [-0.2, 0) is 0 Å². The Bertz CT molecular complexity index is 646. The topological polar surface area (TPSA) is 22.4 Å².